The molecule has 0 saturated carbocycles. The molecule has 1 N–H and O–H groups in total. The minimum Gasteiger partial charge on any atom is -0.462 e. The molecule has 0 aromatic heterocycles. The van der Waals surface area contributed by atoms with E-state index in [0.717, 1.165) is 23.3 Å². The molecule has 1 fully saturated rings. The maximum absolute atomic E-state index is 12.6. The third-order valence-corrected chi connectivity index (χ3v) is 5.47. The van der Waals surface area contributed by atoms with Crippen LogP contribution >= 0.6 is 0 Å². The van der Waals surface area contributed by atoms with Crippen LogP contribution in [0.1, 0.15) is 25.7 Å². The molecule has 188 valence electrons. The predicted octanol–water partition coefficient (Wildman–Crippen LogP) is 4.96. The molecule has 0 atom stereocenters. The SMILES string of the molecule is O=C(NCC1CCN(C(=O)OC(C(F)(F)F)C(F)(F)F)CC1)N1C=COC(C2=CC=CCC2)=C1. The Bertz CT molecular complexity index is 872. The summed E-state index contributed by atoms with van der Waals surface area (Å²) in [6, 6.07) is -0.427. The van der Waals surface area contributed by atoms with Crippen molar-refractivity contribution >= 4 is 12.1 Å². The number of ether oxygens (including phenoxy) is 2. The lowest BCUT2D eigenvalue weighted by molar-refractivity contribution is -0.308. The van der Waals surface area contributed by atoms with E-state index < -0.39 is 30.6 Å². The molecule has 0 radical (unpaired) electrons. The van der Waals surface area contributed by atoms with Crippen LogP contribution in [0.3, 0.4) is 0 Å². The molecule has 0 spiro atoms. The quantitative estimate of drug-likeness (QED) is 0.560. The van der Waals surface area contributed by atoms with Gasteiger partial charge in [-0.05, 0) is 37.2 Å². The Balaban J connectivity index is 1.46. The van der Waals surface area contributed by atoms with Gasteiger partial charge in [0.1, 0.15) is 12.0 Å². The minimum absolute atomic E-state index is 0.0923. The van der Waals surface area contributed by atoms with E-state index in [-0.39, 0.29) is 38.4 Å². The van der Waals surface area contributed by atoms with E-state index in [1.807, 2.05) is 18.2 Å². The molecule has 7 nitrogen and oxygen atoms in total. The Morgan fingerprint density at radius 1 is 1.15 bits per heavy atom. The summed E-state index contributed by atoms with van der Waals surface area (Å²) >= 11 is 0. The molecular formula is C21H23F6N3O4. The zero-order valence-corrected chi connectivity index (χ0v) is 17.9. The van der Waals surface area contributed by atoms with E-state index >= 15 is 0 Å². The topological polar surface area (TPSA) is 71.1 Å². The number of carbonyl (C=O) groups excluding carboxylic acids is 2. The molecule has 0 aromatic carbocycles. The first kappa shape index (κ1) is 25.5. The Morgan fingerprint density at radius 2 is 1.82 bits per heavy atom. The van der Waals surface area contributed by atoms with Gasteiger partial charge >= 0.3 is 24.5 Å². The molecule has 0 bridgehead atoms. The second kappa shape index (κ2) is 10.4. The fourth-order valence-corrected chi connectivity index (χ4v) is 3.60. The highest BCUT2D eigenvalue weighted by Gasteiger charge is 2.60. The fraction of sp³-hybridized carbons (Fsp3) is 0.524. The minimum atomic E-state index is -5.76. The second-order valence-corrected chi connectivity index (χ2v) is 7.93. The second-order valence-electron chi connectivity index (χ2n) is 7.93. The Morgan fingerprint density at radius 3 is 2.41 bits per heavy atom. The van der Waals surface area contributed by atoms with E-state index in [9.17, 15) is 35.9 Å². The van der Waals surface area contributed by atoms with Gasteiger partial charge in [0, 0.05) is 25.8 Å². The summed E-state index contributed by atoms with van der Waals surface area (Å²) in [6.07, 6.45) is -4.99. The third kappa shape index (κ3) is 6.70. The van der Waals surface area contributed by atoms with Crippen molar-refractivity contribution in [2.24, 2.45) is 5.92 Å². The van der Waals surface area contributed by atoms with Crippen molar-refractivity contribution in [2.75, 3.05) is 19.6 Å². The number of nitrogens with one attached hydrogen (secondary N) is 1. The highest BCUT2D eigenvalue weighted by Crippen LogP contribution is 2.36. The van der Waals surface area contributed by atoms with Crippen molar-refractivity contribution < 1.29 is 45.4 Å². The maximum Gasteiger partial charge on any atom is 0.434 e. The maximum atomic E-state index is 12.6. The molecule has 1 saturated heterocycles. The molecule has 2 heterocycles. The van der Waals surface area contributed by atoms with Gasteiger partial charge in [-0.15, -0.1) is 0 Å². The summed E-state index contributed by atoms with van der Waals surface area (Å²) in [5.74, 6) is 0.429. The molecule has 1 aliphatic carbocycles. The molecule has 3 aliphatic rings. The van der Waals surface area contributed by atoms with Crippen molar-refractivity contribution in [2.45, 2.75) is 44.1 Å². The van der Waals surface area contributed by atoms with Crippen LogP contribution < -0.4 is 5.32 Å². The van der Waals surface area contributed by atoms with Crippen LogP contribution in [-0.4, -0.2) is 60.0 Å². The largest absolute Gasteiger partial charge is 0.462 e. The normalized spacial score (nSPS) is 19.5. The van der Waals surface area contributed by atoms with Crippen molar-refractivity contribution in [3.63, 3.8) is 0 Å². The number of urea groups is 1. The number of likely N-dealkylation sites (tertiary alicyclic amines) is 1. The van der Waals surface area contributed by atoms with Crippen LogP contribution in [-0.2, 0) is 9.47 Å². The van der Waals surface area contributed by atoms with Gasteiger partial charge < -0.3 is 19.7 Å². The molecule has 2 aliphatic heterocycles. The smallest absolute Gasteiger partial charge is 0.434 e. The highest BCUT2D eigenvalue weighted by atomic mass is 19.4. The van der Waals surface area contributed by atoms with Crippen molar-refractivity contribution in [1.82, 2.24) is 15.1 Å². The van der Waals surface area contributed by atoms with Crippen LogP contribution in [0.15, 0.2) is 48.2 Å². The summed E-state index contributed by atoms with van der Waals surface area (Å²) in [6.45, 7) is 0.0330. The molecule has 34 heavy (non-hydrogen) atoms. The van der Waals surface area contributed by atoms with Gasteiger partial charge in [0.2, 0.25) is 0 Å². The molecule has 13 heteroatoms. The first-order valence-corrected chi connectivity index (χ1v) is 10.5. The number of allylic oxidation sites excluding steroid dienone is 4. The van der Waals surface area contributed by atoms with E-state index in [1.165, 1.54) is 17.4 Å². The number of piperidine rings is 1. The Kier molecular flexibility index (Phi) is 7.82. The van der Waals surface area contributed by atoms with Gasteiger partial charge in [0.25, 0.3) is 6.10 Å². The number of hydrogen-bond acceptors (Lipinski definition) is 4. The molecule has 0 aromatic rings. The summed E-state index contributed by atoms with van der Waals surface area (Å²) in [5, 5.41) is 2.73. The monoisotopic (exact) mass is 495 g/mol. The number of amides is 3. The molecule has 3 rings (SSSR count). The zero-order chi connectivity index (χ0) is 24.9. The Labute approximate surface area is 191 Å². The zero-order valence-electron chi connectivity index (χ0n) is 17.9. The number of nitrogens with zero attached hydrogens (tertiary/aromatic N) is 2. The number of rotatable bonds is 4. The summed E-state index contributed by atoms with van der Waals surface area (Å²) in [5.41, 5.74) is 0.946. The van der Waals surface area contributed by atoms with Crippen LogP contribution in [0.25, 0.3) is 0 Å². The third-order valence-electron chi connectivity index (χ3n) is 5.47. The summed E-state index contributed by atoms with van der Waals surface area (Å²) < 4.78 is 84.7. The molecule has 0 unspecified atom stereocenters. The van der Waals surface area contributed by atoms with E-state index in [0.29, 0.717) is 5.76 Å². The van der Waals surface area contributed by atoms with Crippen LogP contribution in [0, 0.1) is 5.92 Å². The van der Waals surface area contributed by atoms with Crippen molar-refractivity contribution in [3.8, 4) is 0 Å². The standard InChI is InChI=1S/C21H23F6N3O4/c22-20(23,24)17(21(25,26)27)34-19(32)29-8-6-14(7-9-29)12-28-18(31)30-10-11-33-16(13-30)15-4-2-1-3-5-15/h1-2,4,10-11,13-14,17H,3,5-9,12H2,(H,28,31). The lowest BCUT2D eigenvalue weighted by Gasteiger charge is -2.33. The molecular weight excluding hydrogens is 472 g/mol. The van der Waals surface area contributed by atoms with Gasteiger partial charge in [-0.2, -0.15) is 26.3 Å². The lowest BCUT2D eigenvalue weighted by Crippen LogP contribution is -2.49. The predicted molar refractivity (Wildman–Crippen MR) is 107 cm³/mol. The number of halogens is 6. The van der Waals surface area contributed by atoms with Crippen molar-refractivity contribution in [3.05, 3.63) is 48.2 Å². The van der Waals surface area contributed by atoms with Gasteiger partial charge in [-0.25, -0.2) is 9.59 Å². The average molecular weight is 495 g/mol. The molecule has 3 amide bonds. The highest BCUT2D eigenvalue weighted by molar-refractivity contribution is 5.76. The van der Waals surface area contributed by atoms with Crippen LogP contribution in [0.2, 0.25) is 0 Å². The van der Waals surface area contributed by atoms with Crippen molar-refractivity contribution in [1.29, 1.82) is 0 Å². The first-order valence-electron chi connectivity index (χ1n) is 10.5. The number of carbonyl (C=O) groups is 2. The van der Waals surface area contributed by atoms with Gasteiger partial charge in [-0.3, -0.25) is 4.90 Å². The van der Waals surface area contributed by atoms with E-state index in [4.69, 9.17) is 4.74 Å². The summed E-state index contributed by atoms with van der Waals surface area (Å²) in [7, 11) is 0. The van der Waals surface area contributed by atoms with E-state index in [2.05, 4.69) is 10.1 Å². The van der Waals surface area contributed by atoms with Crippen LogP contribution in [0.5, 0.6) is 0 Å². The fourth-order valence-electron chi connectivity index (χ4n) is 3.60. The lowest BCUT2D eigenvalue weighted by atomic mass is 9.97. The van der Waals surface area contributed by atoms with Gasteiger partial charge in [0.05, 0.1) is 6.20 Å². The first-order chi connectivity index (χ1) is 15.9. The van der Waals surface area contributed by atoms with Gasteiger partial charge in [0.15, 0.2) is 0 Å². The van der Waals surface area contributed by atoms with Crippen LogP contribution in [0.4, 0.5) is 35.9 Å². The summed E-state index contributed by atoms with van der Waals surface area (Å²) in [4.78, 5) is 26.4. The van der Waals surface area contributed by atoms with Gasteiger partial charge in [-0.1, -0.05) is 18.2 Å². The Hall–Kier alpha value is -3.12. The van der Waals surface area contributed by atoms with E-state index in [1.54, 1.807) is 6.20 Å². The number of hydrogen-bond donors (Lipinski definition) is 1. The average Bonchev–Trinajstić information content (AvgIpc) is 2.80. The number of alkyl halides is 6.